The van der Waals surface area contributed by atoms with Gasteiger partial charge in [-0.05, 0) is 39.0 Å². The number of esters is 2. The minimum Gasteiger partial charge on any atom is -0.466 e. The van der Waals surface area contributed by atoms with Crippen LogP contribution in [-0.4, -0.2) is 24.6 Å². The van der Waals surface area contributed by atoms with E-state index >= 15 is 0 Å². The molecule has 0 fully saturated rings. The molecule has 0 amide bonds. The van der Waals surface area contributed by atoms with E-state index in [1.165, 1.54) is 32.1 Å². The van der Waals surface area contributed by atoms with Crippen LogP contribution in [-0.2, 0) is 19.1 Å². The molecule has 0 aromatic heterocycles. The molecule has 0 spiro atoms. The van der Waals surface area contributed by atoms with Gasteiger partial charge in [0.15, 0.2) is 0 Å². The number of carbonyl (C=O) groups is 2. The van der Waals surface area contributed by atoms with E-state index in [0.29, 0.717) is 19.4 Å². The van der Waals surface area contributed by atoms with Gasteiger partial charge in [0.25, 0.3) is 0 Å². The molecule has 4 nitrogen and oxygen atoms in total. The molecule has 0 saturated carbocycles. The minimum atomic E-state index is -0.0565. The fourth-order valence-corrected chi connectivity index (χ4v) is 3.41. The van der Waals surface area contributed by atoms with Crippen LogP contribution in [0.15, 0.2) is 0 Å². The van der Waals surface area contributed by atoms with Gasteiger partial charge in [-0.2, -0.15) is 0 Å². The highest BCUT2D eigenvalue weighted by molar-refractivity contribution is 5.69. The molecule has 172 valence electrons. The quantitative estimate of drug-likeness (QED) is 0.144. The van der Waals surface area contributed by atoms with Crippen molar-refractivity contribution in [2.45, 2.75) is 142 Å². The van der Waals surface area contributed by atoms with E-state index in [9.17, 15) is 9.59 Å². The third kappa shape index (κ3) is 21.5. The normalized spacial score (nSPS) is 12.0. The predicted molar refractivity (Wildman–Crippen MR) is 121 cm³/mol. The van der Waals surface area contributed by atoms with Crippen molar-refractivity contribution >= 4 is 11.9 Å². The Morgan fingerprint density at radius 1 is 0.621 bits per heavy atom. The molecule has 0 aliphatic heterocycles. The highest BCUT2D eigenvalue weighted by atomic mass is 16.5. The van der Waals surface area contributed by atoms with E-state index in [1.807, 2.05) is 6.92 Å². The summed E-state index contributed by atoms with van der Waals surface area (Å²) in [6.07, 6.45) is 19.2. The van der Waals surface area contributed by atoms with E-state index < -0.39 is 0 Å². The average Bonchev–Trinajstić information content (AvgIpc) is 2.70. The van der Waals surface area contributed by atoms with Gasteiger partial charge in [-0.3, -0.25) is 9.59 Å². The second-order valence-corrected chi connectivity index (χ2v) is 8.41. The summed E-state index contributed by atoms with van der Waals surface area (Å²) in [6.45, 7) is 6.96. The molecule has 0 radical (unpaired) electrons. The number of rotatable bonds is 21. The molecule has 0 heterocycles. The average molecular weight is 413 g/mol. The van der Waals surface area contributed by atoms with Crippen LogP contribution >= 0.6 is 0 Å². The lowest BCUT2D eigenvalue weighted by atomic mass is 10.1. The van der Waals surface area contributed by atoms with Crippen LogP contribution in [0.1, 0.15) is 136 Å². The molecule has 29 heavy (non-hydrogen) atoms. The monoisotopic (exact) mass is 412 g/mol. The summed E-state index contributed by atoms with van der Waals surface area (Å²) in [5.74, 6) is -0.103. The zero-order valence-electron chi connectivity index (χ0n) is 19.6. The van der Waals surface area contributed by atoms with Crippen molar-refractivity contribution in [2.75, 3.05) is 6.61 Å². The van der Waals surface area contributed by atoms with Gasteiger partial charge in [0.05, 0.1) is 12.7 Å². The van der Waals surface area contributed by atoms with Crippen molar-refractivity contribution in [1.82, 2.24) is 0 Å². The van der Waals surface area contributed by atoms with Crippen molar-refractivity contribution in [3.05, 3.63) is 0 Å². The molecule has 0 N–H and O–H groups in total. The maximum absolute atomic E-state index is 11.9. The Kier molecular flexibility index (Phi) is 20.9. The molecule has 0 bridgehead atoms. The van der Waals surface area contributed by atoms with Crippen LogP contribution < -0.4 is 0 Å². The van der Waals surface area contributed by atoms with Gasteiger partial charge in [0.2, 0.25) is 0 Å². The Balaban J connectivity index is 3.39. The van der Waals surface area contributed by atoms with E-state index in [-0.39, 0.29) is 18.0 Å². The summed E-state index contributed by atoms with van der Waals surface area (Å²) < 4.78 is 10.7. The van der Waals surface area contributed by atoms with Crippen molar-refractivity contribution in [3.8, 4) is 0 Å². The highest BCUT2D eigenvalue weighted by Gasteiger charge is 2.09. The molecule has 0 saturated heterocycles. The smallest absolute Gasteiger partial charge is 0.306 e. The van der Waals surface area contributed by atoms with Crippen molar-refractivity contribution < 1.29 is 19.1 Å². The van der Waals surface area contributed by atoms with E-state index in [0.717, 1.165) is 70.6 Å². The van der Waals surface area contributed by atoms with Crippen molar-refractivity contribution in [3.63, 3.8) is 0 Å². The Hall–Kier alpha value is -1.06. The highest BCUT2D eigenvalue weighted by Crippen LogP contribution is 2.13. The minimum absolute atomic E-state index is 0.0469. The third-order valence-electron chi connectivity index (χ3n) is 5.32. The first-order valence-electron chi connectivity index (χ1n) is 12.4. The van der Waals surface area contributed by atoms with Crippen LogP contribution in [0.2, 0.25) is 0 Å². The second-order valence-electron chi connectivity index (χ2n) is 8.41. The van der Waals surface area contributed by atoms with Gasteiger partial charge in [-0.15, -0.1) is 0 Å². The van der Waals surface area contributed by atoms with E-state index in [2.05, 4.69) is 13.8 Å². The van der Waals surface area contributed by atoms with Gasteiger partial charge in [0, 0.05) is 12.8 Å². The molecule has 0 aliphatic carbocycles. The summed E-state index contributed by atoms with van der Waals surface area (Å²) in [5, 5.41) is 0. The molecular weight excluding hydrogens is 364 g/mol. The Morgan fingerprint density at radius 3 is 1.72 bits per heavy atom. The summed E-state index contributed by atoms with van der Waals surface area (Å²) in [6, 6.07) is 0. The number of carbonyl (C=O) groups excluding carboxylic acids is 2. The Labute approximate surface area is 180 Å². The SMILES string of the molecule is CCCCCCCCC(C)OC(=O)CCCCCCCCC(=O)OCCCCC. The standard InChI is InChI=1S/C25H48O4/c1-4-6-8-9-12-15-19-23(3)29-25(27)21-17-14-11-10-13-16-20-24(26)28-22-18-7-5-2/h23H,4-22H2,1-3H3. The van der Waals surface area contributed by atoms with Gasteiger partial charge >= 0.3 is 11.9 Å². The molecule has 1 unspecified atom stereocenters. The third-order valence-corrected chi connectivity index (χ3v) is 5.32. The fraction of sp³-hybridized carbons (Fsp3) is 0.920. The first-order chi connectivity index (χ1) is 14.1. The van der Waals surface area contributed by atoms with Crippen LogP contribution in [0.5, 0.6) is 0 Å². The summed E-state index contributed by atoms with van der Waals surface area (Å²) in [7, 11) is 0. The molecule has 4 heteroatoms. The molecule has 0 aliphatic rings. The Bertz CT molecular complexity index is 381. The molecular formula is C25H48O4. The Morgan fingerprint density at radius 2 is 1.10 bits per heavy atom. The lowest BCUT2D eigenvalue weighted by Gasteiger charge is -2.13. The van der Waals surface area contributed by atoms with Gasteiger partial charge in [-0.25, -0.2) is 0 Å². The number of hydrogen-bond donors (Lipinski definition) is 0. The summed E-state index contributed by atoms with van der Waals surface area (Å²) in [4.78, 5) is 23.4. The largest absolute Gasteiger partial charge is 0.466 e. The summed E-state index contributed by atoms with van der Waals surface area (Å²) in [5.41, 5.74) is 0. The fourth-order valence-electron chi connectivity index (χ4n) is 3.41. The lowest BCUT2D eigenvalue weighted by molar-refractivity contribution is -0.148. The molecule has 0 rings (SSSR count). The van der Waals surface area contributed by atoms with E-state index in [1.54, 1.807) is 0 Å². The van der Waals surface area contributed by atoms with Gasteiger partial charge < -0.3 is 9.47 Å². The topological polar surface area (TPSA) is 52.6 Å². The van der Waals surface area contributed by atoms with Gasteiger partial charge in [0.1, 0.15) is 0 Å². The number of unbranched alkanes of at least 4 members (excludes halogenated alkanes) is 12. The lowest BCUT2D eigenvalue weighted by Crippen LogP contribution is -2.14. The molecule has 1 atom stereocenters. The van der Waals surface area contributed by atoms with Crippen molar-refractivity contribution in [2.24, 2.45) is 0 Å². The van der Waals surface area contributed by atoms with Crippen LogP contribution in [0.3, 0.4) is 0 Å². The van der Waals surface area contributed by atoms with Crippen LogP contribution in [0, 0.1) is 0 Å². The maximum atomic E-state index is 11.9. The zero-order valence-corrected chi connectivity index (χ0v) is 19.6. The number of hydrogen-bond acceptors (Lipinski definition) is 4. The van der Waals surface area contributed by atoms with E-state index in [4.69, 9.17) is 9.47 Å². The van der Waals surface area contributed by atoms with Crippen LogP contribution in [0.25, 0.3) is 0 Å². The second kappa shape index (κ2) is 21.6. The predicted octanol–water partition coefficient (Wildman–Crippen LogP) is 7.52. The summed E-state index contributed by atoms with van der Waals surface area (Å²) >= 11 is 0. The molecule has 0 aromatic rings. The first-order valence-corrected chi connectivity index (χ1v) is 12.4. The van der Waals surface area contributed by atoms with Crippen LogP contribution in [0.4, 0.5) is 0 Å². The first kappa shape index (κ1) is 27.9. The van der Waals surface area contributed by atoms with Gasteiger partial charge in [-0.1, -0.05) is 84.5 Å². The molecule has 0 aromatic carbocycles. The maximum Gasteiger partial charge on any atom is 0.306 e. The zero-order chi connectivity index (χ0) is 21.6. The van der Waals surface area contributed by atoms with Crippen molar-refractivity contribution in [1.29, 1.82) is 0 Å². The number of ether oxygens (including phenoxy) is 2.